The van der Waals surface area contributed by atoms with Crippen LogP contribution >= 0.6 is 11.3 Å². The smallest absolute Gasteiger partial charge is 0.284 e. The summed E-state index contributed by atoms with van der Waals surface area (Å²) in [5.74, 6) is 0.890. The molecule has 6 heteroatoms. The van der Waals surface area contributed by atoms with E-state index >= 15 is 0 Å². The standard InChI is InChI=1S/C14H26N4OS/c1-6-7-15-14-17-16-12(20-14)13(19)18(8-10(2)3)9-11(4)5/h10-11H,6-9H2,1-5H3,(H,15,17). The largest absolute Gasteiger partial charge is 0.360 e. The highest BCUT2D eigenvalue weighted by Crippen LogP contribution is 2.18. The average Bonchev–Trinajstić information content (AvgIpc) is 2.82. The fraction of sp³-hybridized carbons (Fsp3) is 0.786. The fourth-order valence-corrected chi connectivity index (χ4v) is 2.61. The van der Waals surface area contributed by atoms with Gasteiger partial charge in [-0.1, -0.05) is 46.0 Å². The van der Waals surface area contributed by atoms with Crippen LogP contribution in [0.1, 0.15) is 50.8 Å². The molecule has 114 valence electrons. The van der Waals surface area contributed by atoms with Crippen molar-refractivity contribution in [1.82, 2.24) is 15.1 Å². The van der Waals surface area contributed by atoms with Crippen molar-refractivity contribution in [3.63, 3.8) is 0 Å². The van der Waals surface area contributed by atoms with E-state index in [1.54, 1.807) is 0 Å². The minimum Gasteiger partial charge on any atom is -0.360 e. The second kappa shape index (κ2) is 8.19. The molecule has 0 aliphatic heterocycles. The molecule has 5 nitrogen and oxygen atoms in total. The minimum atomic E-state index is -0.00514. The highest BCUT2D eigenvalue weighted by atomic mass is 32.1. The summed E-state index contributed by atoms with van der Waals surface area (Å²) in [6.45, 7) is 12.9. The predicted octanol–water partition coefficient (Wildman–Crippen LogP) is 3.11. The van der Waals surface area contributed by atoms with Crippen molar-refractivity contribution in [2.75, 3.05) is 25.0 Å². The maximum absolute atomic E-state index is 12.5. The number of nitrogens with one attached hydrogen (secondary N) is 1. The van der Waals surface area contributed by atoms with Crippen LogP contribution in [0.5, 0.6) is 0 Å². The molecule has 0 unspecified atom stereocenters. The number of amides is 1. The van der Waals surface area contributed by atoms with Gasteiger partial charge in [-0.25, -0.2) is 0 Å². The van der Waals surface area contributed by atoms with Gasteiger partial charge < -0.3 is 10.2 Å². The quantitative estimate of drug-likeness (QED) is 0.801. The maximum Gasteiger partial charge on any atom is 0.284 e. The van der Waals surface area contributed by atoms with Gasteiger partial charge in [0.1, 0.15) is 0 Å². The molecular weight excluding hydrogens is 272 g/mol. The number of carbonyl (C=O) groups is 1. The normalized spacial score (nSPS) is 11.2. The van der Waals surface area contributed by atoms with Crippen LogP contribution in [0, 0.1) is 11.8 Å². The van der Waals surface area contributed by atoms with Crippen molar-refractivity contribution in [2.45, 2.75) is 41.0 Å². The third-order valence-electron chi connectivity index (χ3n) is 2.59. The van der Waals surface area contributed by atoms with Crippen molar-refractivity contribution in [1.29, 1.82) is 0 Å². The summed E-state index contributed by atoms with van der Waals surface area (Å²) in [6, 6.07) is 0. The van der Waals surface area contributed by atoms with Gasteiger partial charge in [0.15, 0.2) is 0 Å². The number of hydrogen-bond donors (Lipinski definition) is 1. The zero-order valence-electron chi connectivity index (χ0n) is 13.1. The summed E-state index contributed by atoms with van der Waals surface area (Å²) >= 11 is 1.34. The Morgan fingerprint density at radius 3 is 2.30 bits per heavy atom. The van der Waals surface area contributed by atoms with E-state index in [2.05, 4.69) is 50.1 Å². The molecule has 0 saturated carbocycles. The lowest BCUT2D eigenvalue weighted by Gasteiger charge is -2.25. The van der Waals surface area contributed by atoms with Crippen LogP contribution in [-0.2, 0) is 0 Å². The first kappa shape index (κ1) is 16.9. The zero-order valence-corrected chi connectivity index (χ0v) is 14.0. The number of rotatable bonds is 8. The first-order valence-corrected chi connectivity index (χ1v) is 8.12. The third-order valence-corrected chi connectivity index (χ3v) is 3.46. The van der Waals surface area contributed by atoms with Gasteiger partial charge in [-0.15, -0.1) is 10.2 Å². The molecule has 0 fully saturated rings. The van der Waals surface area contributed by atoms with E-state index in [1.807, 2.05) is 4.90 Å². The maximum atomic E-state index is 12.5. The van der Waals surface area contributed by atoms with Crippen LogP contribution in [0.2, 0.25) is 0 Å². The highest BCUT2D eigenvalue weighted by molar-refractivity contribution is 7.17. The molecule has 0 aromatic carbocycles. The Balaban J connectivity index is 2.74. The number of nitrogens with zero attached hydrogens (tertiary/aromatic N) is 3. The molecule has 0 radical (unpaired) electrons. The molecule has 0 aliphatic carbocycles. The monoisotopic (exact) mass is 298 g/mol. The molecule has 0 saturated heterocycles. The summed E-state index contributed by atoms with van der Waals surface area (Å²) in [7, 11) is 0. The molecular formula is C14H26N4OS. The minimum absolute atomic E-state index is 0.00514. The summed E-state index contributed by atoms with van der Waals surface area (Å²) in [4.78, 5) is 14.4. The van der Waals surface area contributed by atoms with Crippen LogP contribution in [0.25, 0.3) is 0 Å². The Hall–Kier alpha value is -1.17. The number of anilines is 1. The van der Waals surface area contributed by atoms with Crippen LogP contribution in [0.15, 0.2) is 0 Å². The van der Waals surface area contributed by atoms with Crippen molar-refractivity contribution in [3.8, 4) is 0 Å². The van der Waals surface area contributed by atoms with Gasteiger partial charge in [0.25, 0.3) is 5.91 Å². The summed E-state index contributed by atoms with van der Waals surface area (Å²) in [6.07, 6.45) is 1.02. The van der Waals surface area contributed by atoms with Crippen molar-refractivity contribution < 1.29 is 4.79 Å². The van der Waals surface area contributed by atoms with Crippen LogP contribution < -0.4 is 5.32 Å². The van der Waals surface area contributed by atoms with Crippen LogP contribution in [0.4, 0.5) is 5.13 Å². The van der Waals surface area contributed by atoms with Gasteiger partial charge in [0.2, 0.25) is 10.1 Å². The van der Waals surface area contributed by atoms with Crippen LogP contribution in [-0.4, -0.2) is 40.6 Å². The Morgan fingerprint density at radius 1 is 1.20 bits per heavy atom. The first-order valence-electron chi connectivity index (χ1n) is 7.30. The number of aromatic nitrogens is 2. The predicted molar refractivity (Wildman–Crippen MR) is 84.3 cm³/mol. The molecule has 0 atom stereocenters. The van der Waals surface area contributed by atoms with Crippen LogP contribution in [0.3, 0.4) is 0 Å². The van der Waals surface area contributed by atoms with Gasteiger partial charge in [-0.2, -0.15) is 0 Å². The summed E-state index contributed by atoms with van der Waals surface area (Å²) in [5, 5.41) is 12.4. The van der Waals surface area contributed by atoms with E-state index in [0.717, 1.165) is 31.2 Å². The summed E-state index contributed by atoms with van der Waals surface area (Å²) in [5.41, 5.74) is 0. The Bertz CT molecular complexity index is 407. The lowest BCUT2D eigenvalue weighted by atomic mass is 10.1. The molecule has 1 heterocycles. The lowest BCUT2D eigenvalue weighted by molar-refractivity contribution is 0.0714. The number of carbonyl (C=O) groups excluding carboxylic acids is 1. The van der Waals surface area contributed by atoms with Gasteiger partial charge in [-0.05, 0) is 18.3 Å². The fourth-order valence-electron chi connectivity index (χ4n) is 1.87. The highest BCUT2D eigenvalue weighted by Gasteiger charge is 2.21. The second-order valence-electron chi connectivity index (χ2n) is 5.84. The van der Waals surface area contributed by atoms with Gasteiger partial charge in [0, 0.05) is 19.6 Å². The molecule has 1 rings (SSSR count). The first-order chi connectivity index (χ1) is 9.43. The van der Waals surface area contributed by atoms with E-state index in [-0.39, 0.29) is 5.91 Å². The van der Waals surface area contributed by atoms with Gasteiger partial charge in [-0.3, -0.25) is 4.79 Å². The molecule has 0 spiro atoms. The molecule has 20 heavy (non-hydrogen) atoms. The lowest BCUT2D eigenvalue weighted by Crippen LogP contribution is -2.37. The molecule has 0 aliphatic rings. The van der Waals surface area contributed by atoms with E-state index in [4.69, 9.17) is 0 Å². The number of hydrogen-bond acceptors (Lipinski definition) is 5. The molecule has 1 amide bonds. The third kappa shape index (κ3) is 5.45. The Morgan fingerprint density at radius 2 is 1.80 bits per heavy atom. The topological polar surface area (TPSA) is 58.1 Å². The Kier molecular flexibility index (Phi) is 6.91. The zero-order chi connectivity index (χ0) is 15.1. The molecule has 1 aromatic heterocycles. The van der Waals surface area contributed by atoms with Crippen molar-refractivity contribution in [2.24, 2.45) is 11.8 Å². The van der Waals surface area contributed by atoms with Gasteiger partial charge in [0.05, 0.1) is 0 Å². The Labute approximate surface area is 125 Å². The van der Waals surface area contributed by atoms with Gasteiger partial charge >= 0.3 is 0 Å². The van der Waals surface area contributed by atoms with Crippen molar-refractivity contribution in [3.05, 3.63) is 5.01 Å². The average molecular weight is 298 g/mol. The van der Waals surface area contributed by atoms with E-state index in [9.17, 15) is 4.79 Å². The summed E-state index contributed by atoms with van der Waals surface area (Å²) < 4.78 is 0. The molecule has 1 N–H and O–H groups in total. The SMILES string of the molecule is CCCNc1nnc(C(=O)N(CC(C)C)CC(C)C)s1. The van der Waals surface area contributed by atoms with E-state index in [0.29, 0.717) is 16.8 Å². The van der Waals surface area contributed by atoms with Crippen molar-refractivity contribution >= 4 is 22.4 Å². The molecule has 0 bridgehead atoms. The second-order valence-corrected chi connectivity index (χ2v) is 6.81. The molecule has 1 aromatic rings. The van der Waals surface area contributed by atoms with E-state index in [1.165, 1.54) is 11.3 Å². The van der Waals surface area contributed by atoms with E-state index < -0.39 is 0 Å².